The van der Waals surface area contributed by atoms with Crippen molar-refractivity contribution in [1.29, 1.82) is 0 Å². The number of aliphatic hydroxyl groups excluding tert-OH is 1. The van der Waals surface area contributed by atoms with Crippen LogP contribution in [0.4, 0.5) is 0 Å². The lowest BCUT2D eigenvalue weighted by molar-refractivity contribution is -0.0625. The fourth-order valence-corrected chi connectivity index (χ4v) is 1.84. The first kappa shape index (κ1) is 9.74. The van der Waals surface area contributed by atoms with E-state index < -0.39 is 6.10 Å². The summed E-state index contributed by atoms with van der Waals surface area (Å²) >= 11 is 0. The predicted molar refractivity (Wildman–Crippen MR) is 52.0 cm³/mol. The first-order chi connectivity index (χ1) is 6.86. The van der Waals surface area contributed by atoms with Crippen LogP contribution < -0.4 is 0 Å². The maximum atomic E-state index is 9.86. The second-order valence-corrected chi connectivity index (χ2v) is 3.76. The summed E-state index contributed by atoms with van der Waals surface area (Å²) < 4.78 is 10.7. The SMILES string of the molecule is OC(Cc1ccco1)C1CCCCO1. The van der Waals surface area contributed by atoms with Crippen molar-refractivity contribution in [1.82, 2.24) is 0 Å². The molecule has 2 unspecified atom stereocenters. The van der Waals surface area contributed by atoms with E-state index in [9.17, 15) is 5.11 Å². The molecular formula is C11H16O3. The molecule has 2 rings (SSSR count). The standard InChI is InChI=1S/C11H16O3/c12-10(8-9-4-3-7-13-9)11-5-1-2-6-14-11/h3-4,7,10-12H,1-2,5-6,8H2. The highest BCUT2D eigenvalue weighted by Gasteiger charge is 2.23. The first-order valence-corrected chi connectivity index (χ1v) is 5.18. The molecule has 2 heterocycles. The van der Waals surface area contributed by atoms with Gasteiger partial charge >= 0.3 is 0 Å². The van der Waals surface area contributed by atoms with E-state index in [-0.39, 0.29) is 6.10 Å². The van der Waals surface area contributed by atoms with E-state index in [1.807, 2.05) is 12.1 Å². The topological polar surface area (TPSA) is 42.6 Å². The summed E-state index contributed by atoms with van der Waals surface area (Å²) in [6, 6.07) is 3.72. The van der Waals surface area contributed by atoms with Gasteiger partial charge in [-0.05, 0) is 31.4 Å². The monoisotopic (exact) mass is 196 g/mol. The number of furan rings is 1. The lowest BCUT2D eigenvalue weighted by Gasteiger charge is -2.26. The van der Waals surface area contributed by atoms with Crippen LogP contribution in [0.2, 0.25) is 0 Å². The molecule has 1 aromatic heterocycles. The molecule has 0 amide bonds. The molecule has 1 fully saturated rings. The van der Waals surface area contributed by atoms with Gasteiger partial charge in [0, 0.05) is 13.0 Å². The molecule has 3 nitrogen and oxygen atoms in total. The summed E-state index contributed by atoms with van der Waals surface area (Å²) in [6.45, 7) is 0.778. The van der Waals surface area contributed by atoms with Crippen molar-refractivity contribution < 1.29 is 14.3 Å². The highest BCUT2D eigenvalue weighted by Crippen LogP contribution is 2.18. The molecule has 1 aliphatic rings. The van der Waals surface area contributed by atoms with Crippen molar-refractivity contribution in [3.05, 3.63) is 24.2 Å². The van der Waals surface area contributed by atoms with Crippen LogP contribution in [0.15, 0.2) is 22.8 Å². The Morgan fingerprint density at radius 1 is 1.50 bits per heavy atom. The molecule has 1 aliphatic heterocycles. The van der Waals surface area contributed by atoms with Crippen molar-refractivity contribution in [2.45, 2.75) is 37.9 Å². The molecule has 14 heavy (non-hydrogen) atoms. The lowest BCUT2D eigenvalue weighted by atomic mass is 10.0. The number of hydrogen-bond donors (Lipinski definition) is 1. The third-order valence-electron chi connectivity index (χ3n) is 2.63. The molecule has 0 saturated carbocycles. The third kappa shape index (κ3) is 2.36. The Bertz CT molecular complexity index is 250. The minimum absolute atomic E-state index is 0.00569. The molecule has 2 atom stereocenters. The molecule has 1 N–H and O–H groups in total. The van der Waals surface area contributed by atoms with E-state index in [1.54, 1.807) is 6.26 Å². The van der Waals surface area contributed by atoms with Gasteiger partial charge in [0.15, 0.2) is 0 Å². The highest BCUT2D eigenvalue weighted by atomic mass is 16.5. The third-order valence-corrected chi connectivity index (χ3v) is 2.63. The van der Waals surface area contributed by atoms with Crippen LogP contribution in [-0.4, -0.2) is 23.9 Å². The molecule has 0 spiro atoms. The normalized spacial score (nSPS) is 24.8. The highest BCUT2D eigenvalue weighted by molar-refractivity contribution is 5.00. The summed E-state index contributed by atoms with van der Waals surface area (Å²) in [5.74, 6) is 0.826. The molecular weight excluding hydrogens is 180 g/mol. The Morgan fingerprint density at radius 3 is 3.07 bits per heavy atom. The van der Waals surface area contributed by atoms with Gasteiger partial charge in [-0.2, -0.15) is 0 Å². The van der Waals surface area contributed by atoms with Gasteiger partial charge in [-0.3, -0.25) is 0 Å². The van der Waals surface area contributed by atoms with Crippen LogP contribution in [0.3, 0.4) is 0 Å². The first-order valence-electron chi connectivity index (χ1n) is 5.18. The zero-order chi connectivity index (χ0) is 9.80. The van der Waals surface area contributed by atoms with E-state index in [0.717, 1.165) is 31.6 Å². The fourth-order valence-electron chi connectivity index (χ4n) is 1.84. The molecule has 0 aromatic carbocycles. The van der Waals surface area contributed by atoms with E-state index in [2.05, 4.69) is 0 Å². The van der Waals surface area contributed by atoms with Gasteiger partial charge in [-0.1, -0.05) is 0 Å². The average Bonchev–Trinajstić information content (AvgIpc) is 2.72. The second kappa shape index (κ2) is 4.62. The fraction of sp³-hybridized carbons (Fsp3) is 0.636. The summed E-state index contributed by atoms with van der Waals surface area (Å²) in [7, 11) is 0. The minimum Gasteiger partial charge on any atom is -0.469 e. The molecule has 3 heteroatoms. The number of ether oxygens (including phenoxy) is 1. The van der Waals surface area contributed by atoms with E-state index in [1.165, 1.54) is 0 Å². The zero-order valence-electron chi connectivity index (χ0n) is 8.19. The maximum absolute atomic E-state index is 9.86. The number of aliphatic hydroxyl groups is 1. The molecule has 0 aliphatic carbocycles. The van der Waals surface area contributed by atoms with Crippen LogP contribution >= 0.6 is 0 Å². The van der Waals surface area contributed by atoms with Crippen LogP contribution in [0.5, 0.6) is 0 Å². The number of rotatable bonds is 3. The average molecular weight is 196 g/mol. The van der Waals surface area contributed by atoms with Gasteiger partial charge in [0.1, 0.15) is 5.76 Å². The van der Waals surface area contributed by atoms with Crippen LogP contribution in [0, 0.1) is 0 Å². The Balaban J connectivity index is 1.85. The molecule has 0 radical (unpaired) electrons. The Morgan fingerprint density at radius 2 is 2.43 bits per heavy atom. The lowest BCUT2D eigenvalue weighted by Crippen LogP contribution is -2.33. The Hall–Kier alpha value is -0.800. The smallest absolute Gasteiger partial charge is 0.106 e. The van der Waals surface area contributed by atoms with E-state index in [4.69, 9.17) is 9.15 Å². The molecule has 1 saturated heterocycles. The molecule has 1 aromatic rings. The van der Waals surface area contributed by atoms with Crippen LogP contribution in [-0.2, 0) is 11.2 Å². The summed E-state index contributed by atoms with van der Waals surface area (Å²) in [5.41, 5.74) is 0. The Labute approximate surface area is 83.7 Å². The van der Waals surface area contributed by atoms with Crippen molar-refractivity contribution in [3.8, 4) is 0 Å². The summed E-state index contributed by atoms with van der Waals surface area (Å²) in [6.07, 6.45) is 4.97. The molecule has 0 bridgehead atoms. The maximum Gasteiger partial charge on any atom is 0.106 e. The van der Waals surface area contributed by atoms with Crippen LogP contribution in [0.25, 0.3) is 0 Å². The summed E-state index contributed by atoms with van der Waals surface area (Å²) in [5, 5.41) is 9.86. The van der Waals surface area contributed by atoms with Crippen molar-refractivity contribution in [3.63, 3.8) is 0 Å². The minimum atomic E-state index is -0.429. The van der Waals surface area contributed by atoms with Crippen molar-refractivity contribution in [2.75, 3.05) is 6.61 Å². The quantitative estimate of drug-likeness (QED) is 0.800. The zero-order valence-corrected chi connectivity index (χ0v) is 8.19. The molecule has 78 valence electrons. The Kier molecular flexibility index (Phi) is 3.22. The van der Waals surface area contributed by atoms with Gasteiger partial charge in [0.25, 0.3) is 0 Å². The van der Waals surface area contributed by atoms with Gasteiger partial charge in [-0.25, -0.2) is 0 Å². The van der Waals surface area contributed by atoms with Gasteiger partial charge in [0.05, 0.1) is 18.5 Å². The summed E-state index contributed by atoms with van der Waals surface area (Å²) in [4.78, 5) is 0. The van der Waals surface area contributed by atoms with Crippen LogP contribution in [0.1, 0.15) is 25.0 Å². The predicted octanol–water partition coefficient (Wildman–Crippen LogP) is 1.75. The van der Waals surface area contributed by atoms with Gasteiger partial charge in [-0.15, -0.1) is 0 Å². The number of hydrogen-bond acceptors (Lipinski definition) is 3. The van der Waals surface area contributed by atoms with E-state index >= 15 is 0 Å². The second-order valence-electron chi connectivity index (χ2n) is 3.76. The van der Waals surface area contributed by atoms with Crippen molar-refractivity contribution in [2.24, 2.45) is 0 Å². The van der Waals surface area contributed by atoms with Gasteiger partial charge < -0.3 is 14.3 Å². The van der Waals surface area contributed by atoms with Gasteiger partial charge in [0.2, 0.25) is 0 Å². The van der Waals surface area contributed by atoms with Crippen molar-refractivity contribution >= 4 is 0 Å². The largest absolute Gasteiger partial charge is 0.469 e. The van der Waals surface area contributed by atoms with E-state index in [0.29, 0.717) is 6.42 Å².